The van der Waals surface area contributed by atoms with Gasteiger partial charge in [0.2, 0.25) is 0 Å². The van der Waals surface area contributed by atoms with E-state index < -0.39 is 0 Å². The van der Waals surface area contributed by atoms with Crippen LogP contribution in [0, 0.1) is 0 Å². The molecule has 1 atom stereocenters. The molecule has 0 saturated heterocycles. The molecule has 0 aromatic heterocycles. The van der Waals surface area contributed by atoms with Crippen LogP contribution in [0.1, 0.15) is 5.56 Å². The van der Waals surface area contributed by atoms with Gasteiger partial charge < -0.3 is 4.84 Å². The predicted molar refractivity (Wildman–Crippen MR) is 105 cm³/mol. The number of hydrogen-bond donors (Lipinski definition) is 2. The maximum absolute atomic E-state index is 6.08. The summed E-state index contributed by atoms with van der Waals surface area (Å²) in [5, 5.41) is 6.57. The number of hydroxylamine groups is 1. The number of nitrogens with one attached hydrogen (secondary N) is 2. The zero-order valence-corrected chi connectivity index (χ0v) is 14.0. The van der Waals surface area contributed by atoms with Crippen LogP contribution in [0.15, 0.2) is 83.5 Å². The topological polar surface area (TPSA) is 45.7 Å². The fourth-order valence-electron chi connectivity index (χ4n) is 3.45. The molecule has 26 heavy (non-hydrogen) atoms. The summed E-state index contributed by atoms with van der Waals surface area (Å²) >= 11 is 0. The third-order valence-corrected chi connectivity index (χ3v) is 4.72. The van der Waals surface area contributed by atoms with Gasteiger partial charge in [0, 0.05) is 16.4 Å². The van der Waals surface area contributed by atoms with Crippen molar-refractivity contribution in [3.05, 3.63) is 94.4 Å². The Morgan fingerprint density at radius 3 is 2.73 bits per heavy atom. The van der Waals surface area contributed by atoms with E-state index in [1.54, 1.807) is 6.21 Å². The number of hydrogen-bond acceptors (Lipinski definition) is 4. The van der Waals surface area contributed by atoms with Crippen molar-refractivity contribution < 1.29 is 4.84 Å². The Bertz CT molecular complexity index is 1120. The third kappa shape index (κ3) is 2.48. The molecule has 4 nitrogen and oxygen atoms in total. The molecular formula is C22H17N3O. The summed E-state index contributed by atoms with van der Waals surface area (Å²) in [4.78, 5) is 6.08. The molecule has 5 rings (SSSR count). The standard InChI is InChI=1S/C22H17N3O/c1-5-11-20-15(7-1)13-16(14-23-24-20)22-19-10-3-2-8-17(19)18-9-4-6-12-21(18)25-26-22/h1-14,21,24-25H. The zero-order chi connectivity index (χ0) is 17.3. The van der Waals surface area contributed by atoms with Crippen LogP contribution in [0.3, 0.4) is 0 Å². The van der Waals surface area contributed by atoms with Gasteiger partial charge in [-0.2, -0.15) is 5.10 Å². The van der Waals surface area contributed by atoms with Crippen molar-refractivity contribution in [1.29, 1.82) is 0 Å². The highest BCUT2D eigenvalue weighted by atomic mass is 16.6. The fourth-order valence-corrected chi connectivity index (χ4v) is 3.45. The van der Waals surface area contributed by atoms with E-state index in [1.165, 1.54) is 5.57 Å². The summed E-state index contributed by atoms with van der Waals surface area (Å²) in [6.07, 6.45) is 12.2. The highest BCUT2D eigenvalue weighted by Crippen LogP contribution is 2.24. The van der Waals surface area contributed by atoms with Gasteiger partial charge in [-0.1, -0.05) is 66.8 Å². The largest absolute Gasteiger partial charge is 0.406 e. The van der Waals surface area contributed by atoms with Crippen molar-refractivity contribution in [2.75, 3.05) is 5.43 Å². The number of hydrazone groups is 1. The van der Waals surface area contributed by atoms with Gasteiger partial charge in [0.1, 0.15) is 0 Å². The molecule has 1 aliphatic carbocycles. The summed E-state index contributed by atoms with van der Waals surface area (Å²) in [5.74, 6) is 0.770. The first-order valence-corrected chi connectivity index (χ1v) is 8.61. The van der Waals surface area contributed by atoms with Gasteiger partial charge in [0.25, 0.3) is 0 Å². The predicted octanol–water partition coefficient (Wildman–Crippen LogP) is 2.47. The van der Waals surface area contributed by atoms with Crippen molar-refractivity contribution in [2.24, 2.45) is 5.10 Å². The molecule has 2 heterocycles. The lowest BCUT2D eigenvalue weighted by atomic mass is 9.98. The second-order valence-corrected chi connectivity index (χ2v) is 6.33. The Kier molecular flexibility index (Phi) is 3.54. The quantitative estimate of drug-likeness (QED) is 0.839. The van der Waals surface area contributed by atoms with Crippen LogP contribution in [0.2, 0.25) is 0 Å². The second kappa shape index (κ2) is 6.17. The molecular weight excluding hydrogens is 322 g/mol. The van der Waals surface area contributed by atoms with Crippen molar-refractivity contribution in [3.63, 3.8) is 0 Å². The van der Waals surface area contributed by atoms with Gasteiger partial charge in [0.05, 0.1) is 17.9 Å². The SMILES string of the molecule is C1=CC2=c3ccccc3=C(C3=Cc4ccccc4NN=C3)ONC2C=C1. The number of fused-ring (bicyclic) bond motifs is 3. The summed E-state index contributed by atoms with van der Waals surface area (Å²) in [6, 6.07) is 16.4. The van der Waals surface area contributed by atoms with Gasteiger partial charge in [-0.25, -0.2) is 0 Å². The van der Waals surface area contributed by atoms with Crippen molar-refractivity contribution >= 4 is 29.3 Å². The van der Waals surface area contributed by atoms with Crippen LogP contribution in [0.25, 0.3) is 17.4 Å². The normalized spacial score (nSPS) is 20.0. The van der Waals surface area contributed by atoms with Crippen LogP contribution in [0.5, 0.6) is 0 Å². The van der Waals surface area contributed by atoms with Gasteiger partial charge in [-0.05, 0) is 22.9 Å². The van der Waals surface area contributed by atoms with E-state index in [4.69, 9.17) is 4.84 Å². The Morgan fingerprint density at radius 1 is 0.923 bits per heavy atom. The fraction of sp³-hybridized carbons (Fsp3) is 0.0455. The number of benzene rings is 2. The Balaban J connectivity index is 1.79. The molecule has 0 fully saturated rings. The lowest BCUT2D eigenvalue weighted by Gasteiger charge is -2.17. The second-order valence-electron chi connectivity index (χ2n) is 6.33. The third-order valence-electron chi connectivity index (χ3n) is 4.72. The first-order valence-electron chi connectivity index (χ1n) is 8.61. The van der Waals surface area contributed by atoms with Crippen LogP contribution >= 0.6 is 0 Å². The van der Waals surface area contributed by atoms with Crippen LogP contribution in [-0.2, 0) is 4.84 Å². The van der Waals surface area contributed by atoms with Gasteiger partial charge in [0.15, 0.2) is 5.76 Å². The summed E-state index contributed by atoms with van der Waals surface area (Å²) in [7, 11) is 0. The molecule has 126 valence electrons. The lowest BCUT2D eigenvalue weighted by Crippen LogP contribution is -2.32. The summed E-state index contributed by atoms with van der Waals surface area (Å²) < 4.78 is 0. The van der Waals surface area contributed by atoms with E-state index in [9.17, 15) is 0 Å². The Hall–Kier alpha value is -3.37. The molecule has 1 unspecified atom stereocenters. The van der Waals surface area contributed by atoms with Crippen LogP contribution in [0.4, 0.5) is 5.69 Å². The highest BCUT2D eigenvalue weighted by Gasteiger charge is 2.20. The van der Waals surface area contributed by atoms with E-state index >= 15 is 0 Å². The Morgan fingerprint density at radius 2 is 1.77 bits per heavy atom. The molecule has 0 spiro atoms. The number of para-hydroxylation sites is 1. The number of allylic oxidation sites excluding steroid dienone is 2. The zero-order valence-electron chi connectivity index (χ0n) is 14.0. The van der Waals surface area contributed by atoms with Crippen molar-refractivity contribution in [3.8, 4) is 0 Å². The van der Waals surface area contributed by atoms with Crippen molar-refractivity contribution in [2.45, 2.75) is 6.04 Å². The first kappa shape index (κ1) is 14.9. The maximum Gasteiger partial charge on any atom is 0.163 e. The Labute approximate surface area is 151 Å². The minimum atomic E-state index is 0.0207. The molecule has 3 aliphatic rings. The molecule has 0 amide bonds. The average molecular weight is 339 g/mol. The summed E-state index contributed by atoms with van der Waals surface area (Å²) in [5.41, 5.74) is 10.4. The van der Waals surface area contributed by atoms with Crippen LogP contribution in [-0.4, -0.2) is 12.3 Å². The monoisotopic (exact) mass is 339 g/mol. The van der Waals surface area contributed by atoms with E-state index in [-0.39, 0.29) is 6.04 Å². The first-order chi connectivity index (χ1) is 12.9. The number of rotatable bonds is 1. The van der Waals surface area contributed by atoms with Gasteiger partial charge in [-0.3, -0.25) is 5.43 Å². The molecule has 0 bridgehead atoms. The molecule has 2 aromatic rings. The van der Waals surface area contributed by atoms with E-state index in [0.29, 0.717) is 0 Å². The minimum Gasteiger partial charge on any atom is -0.406 e. The van der Waals surface area contributed by atoms with E-state index in [2.05, 4.69) is 64.6 Å². The number of nitrogens with zero attached hydrogens (tertiary/aromatic N) is 1. The lowest BCUT2D eigenvalue weighted by molar-refractivity contribution is 0.153. The number of anilines is 1. The van der Waals surface area contributed by atoms with Gasteiger partial charge in [-0.15, -0.1) is 5.48 Å². The average Bonchev–Trinajstić information content (AvgIpc) is 3.00. The molecule has 2 aromatic carbocycles. The highest BCUT2D eigenvalue weighted by molar-refractivity contribution is 6.01. The van der Waals surface area contributed by atoms with Crippen molar-refractivity contribution in [1.82, 2.24) is 5.48 Å². The van der Waals surface area contributed by atoms with E-state index in [1.807, 2.05) is 30.3 Å². The molecule has 4 heteroatoms. The molecule has 0 saturated carbocycles. The minimum absolute atomic E-state index is 0.0207. The maximum atomic E-state index is 6.08. The smallest absolute Gasteiger partial charge is 0.163 e. The molecule has 2 aliphatic heterocycles. The molecule has 0 radical (unpaired) electrons. The van der Waals surface area contributed by atoms with Gasteiger partial charge >= 0.3 is 0 Å². The summed E-state index contributed by atoms with van der Waals surface area (Å²) in [6.45, 7) is 0. The van der Waals surface area contributed by atoms with Crippen LogP contribution < -0.4 is 21.3 Å². The van der Waals surface area contributed by atoms with E-state index in [0.717, 1.165) is 33.0 Å². The molecule has 2 N–H and O–H groups in total.